The summed E-state index contributed by atoms with van der Waals surface area (Å²) >= 11 is 0. The van der Waals surface area contributed by atoms with Crippen molar-refractivity contribution >= 4 is 38.7 Å². The fraction of sp³-hybridized carbons (Fsp3) is 0.333. The summed E-state index contributed by atoms with van der Waals surface area (Å²) in [4.78, 5) is 22.9. The predicted octanol–water partition coefficient (Wildman–Crippen LogP) is 4.62. The normalized spacial score (nSPS) is 23.9. The van der Waals surface area contributed by atoms with Gasteiger partial charge in [-0.3, -0.25) is 4.98 Å². The van der Waals surface area contributed by atoms with Crippen LogP contribution >= 0.6 is 0 Å². The zero-order chi connectivity index (χ0) is 22.2. The number of piperidine rings is 1. The number of hydrogen-bond acceptors (Lipinski definition) is 6. The molecular formula is C27H25N7. The molecule has 3 atom stereocenters. The van der Waals surface area contributed by atoms with Gasteiger partial charge in [0.2, 0.25) is 0 Å². The highest BCUT2D eigenvalue weighted by molar-refractivity contribution is 6.12. The van der Waals surface area contributed by atoms with Gasteiger partial charge in [-0.05, 0) is 48.3 Å². The third-order valence-electron chi connectivity index (χ3n) is 8.22. The molecule has 0 bridgehead atoms. The van der Waals surface area contributed by atoms with Crippen LogP contribution < -0.4 is 10.6 Å². The highest BCUT2D eigenvalue weighted by atomic mass is 15.1. The molecule has 2 aliphatic carbocycles. The van der Waals surface area contributed by atoms with E-state index in [9.17, 15) is 0 Å². The molecule has 3 aliphatic rings. The average Bonchev–Trinajstić information content (AvgIpc) is 3.16. The summed E-state index contributed by atoms with van der Waals surface area (Å²) in [6.07, 6.45) is 9.52. The van der Waals surface area contributed by atoms with Gasteiger partial charge in [0, 0.05) is 58.8 Å². The van der Waals surface area contributed by atoms with Gasteiger partial charge in [0.1, 0.15) is 11.5 Å². The molecule has 8 rings (SSSR count). The Morgan fingerprint density at radius 2 is 1.82 bits per heavy atom. The van der Waals surface area contributed by atoms with Gasteiger partial charge in [-0.25, -0.2) is 15.0 Å². The van der Waals surface area contributed by atoms with E-state index in [-0.39, 0.29) is 0 Å². The van der Waals surface area contributed by atoms with Gasteiger partial charge in [-0.15, -0.1) is 0 Å². The van der Waals surface area contributed by atoms with Gasteiger partial charge in [-0.2, -0.15) is 0 Å². The van der Waals surface area contributed by atoms with E-state index in [2.05, 4.69) is 43.8 Å². The van der Waals surface area contributed by atoms with Crippen molar-refractivity contribution in [2.45, 2.75) is 31.2 Å². The average molecular weight is 448 g/mol. The Morgan fingerprint density at radius 3 is 2.68 bits per heavy atom. The van der Waals surface area contributed by atoms with Crippen LogP contribution in [0.15, 0.2) is 48.9 Å². The van der Waals surface area contributed by atoms with E-state index in [1.807, 2.05) is 30.7 Å². The Morgan fingerprint density at radius 1 is 0.941 bits per heavy atom. The fourth-order valence-corrected chi connectivity index (χ4v) is 6.11. The minimum absolute atomic E-state index is 0.486. The van der Waals surface area contributed by atoms with Crippen molar-refractivity contribution in [3.8, 4) is 11.4 Å². The van der Waals surface area contributed by atoms with Crippen LogP contribution in [0.4, 0.5) is 5.82 Å². The molecule has 5 aromatic rings. The van der Waals surface area contributed by atoms with Gasteiger partial charge < -0.3 is 15.6 Å². The third-order valence-corrected chi connectivity index (χ3v) is 8.22. The molecule has 0 radical (unpaired) electrons. The topological polar surface area (TPSA) is 91.4 Å². The number of aromatic nitrogens is 5. The van der Waals surface area contributed by atoms with Crippen LogP contribution in [-0.4, -0.2) is 44.1 Å². The van der Waals surface area contributed by atoms with Gasteiger partial charge in [0.05, 0.1) is 11.7 Å². The lowest BCUT2D eigenvalue weighted by molar-refractivity contribution is 0.421. The number of fused-ring (bicyclic) bond motifs is 5. The number of aromatic amines is 1. The van der Waals surface area contributed by atoms with Crippen LogP contribution in [-0.2, 0) is 0 Å². The zero-order valence-electron chi connectivity index (χ0n) is 18.8. The monoisotopic (exact) mass is 447 g/mol. The predicted molar refractivity (Wildman–Crippen MR) is 134 cm³/mol. The lowest BCUT2D eigenvalue weighted by Gasteiger charge is -2.27. The summed E-state index contributed by atoms with van der Waals surface area (Å²) in [5, 5.41) is 10.7. The molecule has 34 heavy (non-hydrogen) atoms. The number of hydrogen-bond donors (Lipinski definition) is 3. The first-order valence-corrected chi connectivity index (χ1v) is 12.3. The van der Waals surface area contributed by atoms with Gasteiger partial charge in [0.25, 0.3) is 0 Å². The maximum Gasteiger partial charge on any atom is 0.163 e. The number of nitrogens with one attached hydrogen (secondary N) is 3. The Bertz CT molecular complexity index is 1570. The molecule has 4 aromatic heterocycles. The Kier molecular flexibility index (Phi) is 3.85. The molecule has 1 aliphatic heterocycles. The number of nitrogens with zero attached hydrogens (tertiary/aromatic N) is 4. The quantitative estimate of drug-likeness (QED) is 0.372. The summed E-state index contributed by atoms with van der Waals surface area (Å²) in [5.74, 6) is 3.65. The molecule has 7 heteroatoms. The second-order valence-electron chi connectivity index (χ2n) is 10.1. The highest BCUT2D eigenvalue weighted by Gasteiger charge is 2.53. The first-order chi connectivity index (χ1) is 16.8. The van der Waals surface area contributed by atoms with E-state index in [0.717, 1.165) is 63.1 Å². The second kappa shape index (κ2) is 6.96. The van der Waals surface area contributed by atoms with Crippen molar-refractivity contribution in [1.29, 1.82) is 0 Å². The highest BCUT2D eigenvalue weighted by Crippen LogP contribution is 2.46. The largest absolute Gasteiger partial charge is 0.366 e. The fourth-order valence-electron chi connectivity index (χ4n) is 6.11. The summed E-state index contributed by atoms with van der Waals surface area (Å²) in [6, 6.07) is 10.8. The Hall–Kier alpha value is -3.58. The van der Waals surface area contributed by atoms with Crippen molar-refractivity contribution < 1.29 is 0 Å². The van der Waals surface area contributed by atoms with Crippen molar-refractivity contribution in [1.82, 2.24) is 30.2 Å². The van der Waals surface area contributed by atoms with Gasteiger partial charge >= 0.3 is 0 Å². The van der Waals surface area contributed by atoms with Crippen LogP contribution in [0.5, 0.6) is 0 Å². The first kappa shape index (κ1) is 18.8. The summed E-state index contributed by atoms with van der Waals surface area (Å²) < 4.78 is 0. The van der Waals surface area contributed by atoms with Crippen molar-refractivity contribution in [2.24, 2.45) is 11.8 Å². The minimum Gasteiger partial charge on any atom is -0.366 e. The number of anilines is 1. The van der Waals surface area contributed by atoms with Crippen LogP contribution in [0.1, 0.15) is 30.7 Å². The minimum atomic E-state index is 0.486. The smallest absolute Gasteiger partial charge is 0.163 e. The van der Waals surface area contributed by atoms with Gasteiger partial charge in [0.15, 0.2) is 5.82 Å². The molecule has 7 nitrogen and oxygen atoms in total. The molecule has 3 N–H and O–H groups in total. The van der Waals surface area contributed by atoms with E-state index in [1.165, 1.54) is 24.8 Å². The SMILES string of the molecule is c1ccc2c(c1)[nH]c1nccc(-c3nc(NC4C5CNC[C@H]54)c4c(C5CCC5)cncc4n3)c12. The van der Waals surface area contributed by atoms with Crippen molar-refractivity contribution in [2.75, 3.05) is 18.4 Å². The van der Waals surface area contributed by atoms with Gasteiger partial charge in [-0.1, -0.05) is 24.6 Å². The maximum absolute atomic E-state index is 5.20. The molecule has 0 amide bonds. The first-order valence-electron chi connectivity index (χ1n) is 12.3. The van der Waals surface area contributed by atoms with Crippen LogP contribution in [0.2, 0.25) is 0 Å². The zero-order valence-corrected chi connectivity index (χ0v) is 18.8. The molecule has 5 heterocycles. The second-order valence-corrected chi connectivity index (χ2v) is 10.1. The molecular weight excluding hydrogens is 422 g/mol. The summed E-state index contributed by atoms with van der Waals surface area (Å²) in [5.41, 5.74) is 5.16. The molecule has 2 unspecified atom stereocenters. The number of pyridine rings is 2. The number of rotatable bonds is 4. The standard InChI is InChI=1S/C27H25N7/c1-2-7-20-15(6-1)22-16(8-9-30-26(22)31-20)25-32-21-13-29-10-17(14-4-3-5-14)23(21)27(34-25)33-24-18-11-28-12-19(18)24/h1-2,6-10,13-14,18-19,24,28H,3-5,11-12H2,(H,30,31)(H,32,33,34)/t18-,19?,24?/m1/s1. The van der Waals surface area contributed by atoms with E-state index in [4.69, 9.17) is 9.97 Å². The number of benzene rings is 1. The van der Waals surface area contributed by atoms with E-state index >= 15 is 0 Å². The van der Waals surface area contributed by atoms with Crippen molar-refractivity contribution in [3.63, 3.8) is 0 Å². The molecule has 1 aromatic carbocycles. The molecule has 1 saturated heterocycles. The Labute approximate surface area is 196 Å². The molecule has 3 fully saturated rings. The Balaban J connectivity index is 1.35. The number of H-pyrrole nitrogens is 1. The maximum atomic E-state index is 5.20. The lowest BCUT2D eigenvalue weighted by Crippen LogP contribution is -2.22. The van der Waals surface area contributed by atoms with Crippen LogP contribution in [0.3, 0.4) is 0 Å². The lowest BCUT2D eigenvalue weighted by atomic mass is 9.79. The molecule has 2 saturated carbocycles. The molecule has 168 valence electrons. The van der Waals surface area contributed by atoms with Crippen LogP contribution in [0.25, 0.3) is 44.2 Å². The summed E-state index contributed by atoms with van der Waals surface area (Å²) in [6.45, 7) is 2.19. The third kappa shape index (κ3) is 2.67. The number of para-hydroxylation sites is 1. The summed E-state index contributed by atoms with van der Waals surface area (Å²) in [7, 11) is 0. The van der Waals surface area contributed by atoms with E-state index in [1.54, 1.807) is 0 Å². The molecule has 0 spiro atoms. The van der Waals surface area contributed by atoms with E-state index in [0.29, 0.717) is 23.8 Å². The van der Waals surface area contributed by atoms with E-state index < -0.39 is 0 Å². The van der Waals surface area contributed by atoms with Crippen molar-refractivity contribution in [3.05, 3.63) is 54.5 Å². The van der Waals surface area contributed by atoms with Crippen LogP contribution in [0, 0.1) is 11.8 Å².